The molecule has 2 aromatic rings. The third kappa shape index (κ3) is 4.52. The fourth-order valence-corrected chi connectivity index (χ4v) is 4.71. The molecule has 1 saturated carbocycles. The first kappa shape index (κ1) is 19.3. The monoisotopic (exact) mass is 384 g/mol. The van der Waals surface area contributed by atoms with Gasteiger partial charge in [0.1, 0.15) is 11.4 Å². The van der Waals surface area contributed by atoms with Crippen LogP contribution < -0.4 is 4.74 Å². The molecule has 152 valence electrons. The summed E-state index contributed by atoms with van der Waals surface area (Å²) in [4.78, 5) is 18.1. The lowest BCUT2D eigenvalue weighted by atomic mass is 9.86. The van der Waals surface area contributed by atoms with E-state index >= 15 is 0 Å². The van der Waals surface area contributed by atoms with E-state index in [9.17, 15) is 9.90 Å². The molecule has 2 aliphatic rings. The third-order valence-electron chi connectivity index (χ3n) is 6.12. The van der Waals surface area contributed by atoms with Crippen molar-refractivity contribution in [2.45, 2.75) is 70.5 Å². The van der Waals surface area contributed by atoms with Crippen molar-refractivity contribution < 1.29 is 14.6 Å². The number of carbonyl (C=O) groups is 1. The van der Waals surface area contributed by atoms with Crippen LogP contribution in [0.3, 0.4) is 0 Å². The number of benzene rings is 1. The summed E-state index contributed by atoms with van der Waals surface area (Å²) in [6.07, 6.45) is 7.82. The number of aliphatic hydroxyl groups is 1. The normalized spacial score (nSPS) is 19.5. The van der Waals surface area contributed by atoms with Crippen molar-refractivity contribution in [1.82, 2.24) is 9.88 Å². The highest BCUT2D eigenvalue weighted by Crippen LogP contribution is 2.29. The summed E-state index contributed by atoms with van der Waals surface area (Å²) in [5, 5.41) is 11.0. The SMILES string of the molecule is CC(C)(O)CC1CCN(C(=O)c2cc3cc(OC4CCCC4)ccc3[nH]2)CC1. The van der Waals surface area contributed by atoms with Gasteiger partial charge in [0, 0.05) is 24.0 Å². The van der Waals surface area contributed by atoms with Gasteiger partial charge in [-0.15, -0.1) is 0 Å². The minimum atomic E-state index is -0.633. The molecule has 2 fully saturated rings. The lowest BCUT2D eigenvalue weighted by molar-refractivity contribution is 0.0357. The molecule has 0 spiro atoms. The number of amides is 1. The molecule has 0 unspecified atom stereocenters. The van der Waals surface area contributed by atoms with Crippen molar-refractivity contribution in [3.8, 4) is 5.75 Å². The van der Waals surface area contributed by atoms with Crippen molar-refractivity contribution in [3.63, 3.8) is 0 Å². The Hall–Kier alpha value is -2.01. The van der Waals surface area contributed by atoms with E-state index < -0.39 is 5.60 Å². The number of carbonyl (C=O) groups excluding carboxylic acids is 1. The Kier molecular flexibility index (Phi) is 5.37. The second-order valence-corrected chi connectivity index (χ2v) is 9.21. The van der Waals surface area contributed by atoms with Crippen LogP contribution in [0.2, 0.25) is 0 Å². The highest BCUT2D eigenvalue weighted by molar-refractivity contribution is 5.98. The number of nitrogens with zero attached hydrogens (tertiary/aromatic N) is 1. The van der Waals surface area contributed by atoms with Gasteiger partial charge in [-0.25, -0.2) is 0 Å². The Labute approximate surface area is 167 Å². The average molecular weight is 385 g/mol. The molecule has 4 rings (SSSR count). The number of hydrogen-bond donors (Lipinski definition) is 2. The fraction of sp³-hybridized carbons (Fsp3) is 0.609. The van der Waals surface area contributed by atoms with E-state index in [-0.39, 0.29) is 5.91 Å². The molecular formula is C23H32N2O3. The van der Waals surface area contributed by atoms with Gasteiger partial charge in [0.25, 0.3) is 5.91 Å². The maximum atomic E-state index is 12.9. The summed E-state index contributed by atoms with van der Waals surface area (Å²) in [7, 11) is 0. The molecule has 5 nitrogen and oxygen atoms in total. The maximum Gasteiger partial charge on any atom is 0.270 e. The Bertz CT molecular complexity index is 822. The van der Waals surface area contributed by atoms with Crippen LogP contribution >= 0.6 is 0 Å². The van der Waals surface area contributed by atoms with Crippen LogP contribution in [0.25, 0.3) is 10.9 Å². The minimum absolute atomic E-state index is 0.0659. The molecule has 2 N–H and O–H groups in total. The van der Waals surface area contributed by atoms with Crippen molar-refractivity contribution in [2.75, 3.05) is 13.1 Å². The molecule has 1 aromatic heterocycles. The van der Waals surface area contributed by atoms with Crippen LogP contribution in [0.4, 0.5) is 0 Å². The lowest BCUT2D eigenvalue weighted by Crippen LogP contribution is -2.40. The molecule has 5 heteroatoms. The van der Waals surface area contributed by atoms with E-state index in [4.69, 9.17) is 4.74 Å². The number of aromatic nitrogens is 1. The molecular weight excluding hydrogens is 352 g/mol. The average Bonchev–Trinajstić information content (AvgIpc) is 3.29. The molecule has 0 radical (unpaired) electrons. The van der Waals surface area contributed by atoms with Gasteiger partial charge < -0.3 is 19.7 Å². The van der Waals surface area contributed by atoms with E-state index in [0.717, 1.165) is 61.8 Å². The zero-order chi connectivity index (χ0) is 19.7. The predicted molar refractivity (Wildman–Crippen MR) is 111 cm³/mol. The summed E-state index contributed by atoms with van der Waals surface area (Å²) in [5.74, 6) is 1.45. The van der Waals surface area contributed by atoms with Crippen LogP contribution in [0.15, 0.2) is 24.3 Å². The molecule has 1 aliphatic heterocycles. The summed E-state index contributed by atoms with van der Waals surface area (Å²) in [5.41, 5.74) is 0.986. The van der Waals surface area contributed by atoms with Crippen molar-refractivity contribution >= 4 is 16.8 Å². The zero-order valence-electron chi connectivity index (χ0n) is 17.0. The second kappa shape index (κ2) is 7.78. The molecule has 28 heavy (non-hydrogen) atoms. The number of hydrogen-bond acceptors (Lipinski definition) is 3. The number of likely N-dealkylation sites (tertiary alicyclic amines) is 1. The molecule has 0 atom stereocenters. The molecule has 1 saturated heterocycles. The van der Waals surface area contributed by atoms with Crippen LogP contribution in [0.5, 0.6) is 5.75 Å². The van der Waals surface area contributed by atoms with Crippen molar-refractivity contribution in [3.05, 3.63) is 30.0 Å². The number of H-pyrrole nitrogens is 1. The number of fused-ring (bicyclic) bond motifs is 1. The van der Waals surface area contributed by atoms with Gasteiger partial charge in [-0.3, -0.25) is 4.79 Å². The molecule has 1 aliphatic carbocycles. The van der Waals surface area contributed by atoms with E-state index in [2.05, 4.69) is 4.98 Å². The number of ether oxygens (including phenoxy) is 1. The highest BCUT2D eigenvalue weighted by Gasteiger charge is 2.28. The topological polar surface area (TPSA) is 65.6 Å². The van der Waals surface area contributed by atoms with Crippen LogP contribution in [0.1, 0.15) is 69.3 Å². The Balaban J connectivity index is 1.40. The minimum Gasteiger partial charge on any atom is -0.490 e. The van der Waals surface area contributed by atoms with Gasteiger partial charge in [0.15, 0.2) is 0 Å². The van der Waals surface area contributed by atoms with E-state index in [1.807, 2.05) is 43.0 Å². The van der Waals surface area contributed by atoms with E-state index in [0.29, 0.717) is 17.7 Å². The Morgan fingerprint density at radius 1 is 1.18 bits per heavy atom. The van der Waals surface area contributed by atoms with Gasteiger partial charge in [-0.05, 0) is 89.0 Å². The van der Waals surface area contributed by atoms with Crippen LogP contribution in [-0.4, -0.2) is 45.7 Å². The van der Waals surface area contributed by atoms with Gasteiger partial charge in [-0.2, -0.15) is 0 Å². The van der Waals surface area contributed by atoms with Crippen LogP contribution in [0, 0.1) is 5.92 Å². The Morgan fingerprint density at radius 3 is 2.57 bits per heavy atom. The Morgan fingerprint density at radius 2 is 1.89 bits per heavy atom. The predicted octanol–water partition coefficient (Wildman–Crippen LogP) is 4.50. The van der Waals surface area contributed by atoms with E-state index in [1.165, 1.54) is 12.8 Å². The number of aromatic amines is 1. The summed E-state index contributed by atoms with van der Waals surface area (Å²) >= 11 is 0. The molecule has 2 heterocycles. The first-order chi connectivity index (χ1) is 13.4. The fourth-order valence-electron chi connectivity index (χ4n) is 4.71. The number of nitrogens with one attached hydrogen (secondary N) is 1. The van der Waals surface area contributed by atoms with Gasteiger partial charge >= 0.3 is 0 Å². The second-order valence-electron chi connectivity index (χ2n) is 9.21. The summed E-state index contributed by atoms with van der Waals surface area (Å²) in [6, 6.07) is 7.98. The van der Waals surface area contributed by atoms with Gasteiger partial charge in [-0.1, -0.05) is 0 Å². The van der Waals surface area contributed by atoms with Crippen LogP contribution in [-0.2, 0) is 0 Å². The highest BCUT2D eigenvalue weighted by atomic mass is 16.5. The number of rotatable bonds is 5. The van der Waals surface area contributed by atoms with Crippen molar-refractivity contribution in [1.29, 1.82) is 0 Å². The largest absolute Gasteiger partial charge is 0.490 e. The summed E-state index contributed by atoms with van der Waals surface area (Å²) in [6.45, 7) is 5.23. The van der Waals surface area contributed by atoms with E-state index in [1.54, 1.807) is 0 Å². The van der Waals surface area contributed by atoms with Crippen molar-refractivity contribution in [2.24, 2.45) is 5.92 Å². The maximum absolute atomic E-state index is 12.9. The first-order valence-corrected chi connectivity index (χ1v) is 10.7. The third-order valence-corrected chi connectivity index (χ3v) is 6.12. The molecule has 1 aromatic carbocycles. The van der Waals surface area contributed by atoms with Gasteiger partial charge in [0.2, 0.25) is 0 Å². The molecule has 0 bridgehead atoms. The standard InChI is InChI=1S/C23H32N2O3/c1-23(2,27)15-16-9-11-25(12-10-16)22(26)21-14-17-13-19(7-8-20(17)24-21)28-18-5-3-4-6-18/h7-8,13-14,16,18,24,27H,3-6,9-12,15H2,1-2H3. The molecule has 1 amide bonds. The smallest absolute Gasteiger partial charge is 0.270 e. The van der Waals surface area contributed by atoms with Gasteiger partial charge in [0.05, 0.1) is 11.7 Å². The lowest BCUT2D eigenvalue weighted by Gasteiger charge is -2.34. The zero-order valence-corrected chi connectivity index (χ0v) is 17.0. The first-order valence-electron chi connectivity index (χ1n) is 10.7. The number of piperidine rings is 1. The quantitative estimate of drug-likeness (QED) is 0.797. The summed E-state index contributed by atoms with van der Waals surface area (Å²) < 4.78 is 6.09.